The Balaban J connectivity index is 0.000000406. The number of hydrogen-bond donors (Lipinski definition) is 7. The third kappa shape index (κ3) is 6.94. The number of aliphatic hydroxyl groups excluding tert-OH is 6. The SMILES string of the molecule is Cc1ccc(C(N)=O)cc1.OC[C@@H](O)[C@@H](O)[C@H](O)[C@@H](O)CO. The minimum absolute atomic E-state index is 0.375. The fourth-order valence-corrected chi connectivity index (χ4v) is 1.39. The molecule has 1 aromatic carbocycles. The van der Waals surface area contributed by atoms with E-state index in [9.17, 15) is 4.79 Å². The second kappa shape index (κ2) is 10.2. The number of rotatable bonds is 6. The summed E-state index contributed by atoms with van der Waals surface area (Å²) in [5.74, 6) is -0.375. The van der Waals surface area contributed by atoms with Crippen LogP contribution in [-0.2, 0) is 0 Å². The number of aryl methyl sites for hydroxylation is 1. The number of hydrogen-bond acceptors (Lipinski definition) is 7. The van der Waals surface area contributed by atoms with Crippen molar-refractivity contribution in [3.8, 4) is 0 Å². The molecule has 0 heterocycles. The summed E-state index contributed by atoms with van der Waals surface area (Å²) in [5.41, 5.74) is 6.72. The number of amides is 1. The van der Waals surface area contributed by atoms with Crippen LogP contribution in [0.4, 0.5) is 0 Å². The first kappa shape index (κ1) is 20.5. The van der Waals surface area contributed by atoms with Gasteiger partial charge in [0.05, 0.1) is 13.2 Å². The van der Waals surface area contributed by atoms with Crippen LogP contribution in [0.15, 0.2) is 24.3 Å². The summed E-state index contributed by atoms with van der Waals surface area (Å²) in [4.78, 5) is 10.5. The molecule has 8 nitrogen and oxygen atoms in total. The number of primary amides is 1. The van der Waals surface area contributed by atoms with Gasteiger partial charge in [-0.15, -0.1) is 0 Å². The third-order valence-corrected chi connectivity index (χ3v) is 2.85. The maximum absolute atomic E-state index is 10.5. The molecule has 0 saturated heterocycles. The molecule has 0 aromatic heterocycles. The summed E-state index contributed by atoms with van der Waals surface area (Å²) >= 11 is 0. The smallest absolute Gasteiger partial charge is 0.248 e. The first-order valence-corrected chi connectivity index (χ1v) is 6.55. The van der Waals surface area contributed by atoms with Crippen molar-refractivity contribution >= 4 is 5.91 Å². The van der Waals surface area contributed by atoms with Crippen molar-refractivity contribution in [1.29, 1.82) is 0 Å². The van der Waals surface area contributed by atoms with Gasteiger partial charge in [0.2, 0.25) is 5.91 Å². The monoisotopic (exact) mass is 317 g/mol. The Morgan fingerprint density at radius 2 is 1.32 bits per heavy atom. The molecule has 0 unspecified atom stereocenters. The van der Waals surface area contributed by atoms with Crippen molar-refractivity contribution in [1.82, 2.24) is 0 Å². The number of nitrogens with two attached hydrogens (primary N) is 1. The van der Waals surface area contributed by atoms with E-state index in [2.05, 4.69) is 0 Å². The first-order chi connectivity index (χ1) is 10.2. The molecular formula is C14H23NO7. The van der Waals surface area contributed by atoms with Gasteiger partial charge in [-0.2, -0.15) is 0 Å². The third-order valence-electron chi connectivity index (χ3n) is 2.85. The van der Waals surface area contributed by atoms with Gasteiger partial charge >= 0.3 is 0 Å². The topological polar surface area (TPSA) is 164 Å². The fourth-order valence-electron chi connectivity index (χ4n) is 1.39. The normalized spacial score (nSPS) is 16.0. The number of aliphatic hydroxyl groups is 6. The Bertz CT molecular complexity index is 423. The van der Waals surface area contributed by atoms with Crippen LogP contribution in [-0.4, -0.2) is 74.2 Å². The van der Waals surface area contributed by atoms with Crippen LogP contribution in [0.2, 0.25) is 0 Å². The predicted molar refractivity (Wildman–Crippen MR) is 77.9 cm³/mol. The molecule has 0 fully saturated rings. The predicted octanol–water partition coefficient (Wildman–Crippen LogP) is -2.49. The lowest BCUT2D eigenvalue weighted by molar-refractivity contribution is -0.123. The van der Waals surface area contributed by atoms with Crippen LogP contribution >= 0.6 is 0 Å². The lowest BCUT2D eigenvalue weighted by Gasteiger charge is -2.24. The van der Waals surface area contributed by atoms with Gasteiger partial charge in [0.25, 0.3) is 0 Å². The van der Waals surface area contributed by atoms with E-state index in [4.69, 9.17) is 36.4 Å². The van der Waals surface area contributed by atoms with E-state index in [1.807, 2.05) is 19.1 Å². The van der Waals surface area contributed by atoms with E-state index in [-0.39, 0.29) is 5.91 Å². The average Bonchev–Trinajstić information content (AvgIpc) is 2.52. The van der Waals surface area contributed by atoms with Gasteiger partial charge in [-0.1, -0.05) is 17.7 Å². The number of benzene rings is 1. The van der Waals surface area contributed by atoms with Crippen molar-refractivity contribution in [3.05, 3.63) is 35.4 Å². The molecule has 0 spiro atoms. The molecule has 0 aliphatic rings. The molecular weight excluding hydrogens is 294 g/mol. The molecule has 4 atom stereocenters. The van der Waals surface area contributed by atoms with Crippen LogP contribution in [0.25, 0.3) is 0 Å². The van der Waals surface area contributed by atoms with E-state index in [1.165, 1.54) is 0 Å². The molecule has 1 aromatic rings. The quantitative estimate of drug-likeness (QED) is 0.305. The van der Waals surface area contributed by atoms with Gasteiger partial charge in [-0.05, 0) is 19.1 Å². The van der Waals surface area contributed by atoms with Crippen LogP contribution in [0, 0.1) is 6.92 Å². The summed E-state index contributed by atoms with van der Waals surface area (Å²) in [6.07, 6.45) is -6.39. The Kier molecular flexibility index (Phi) is 9.50. The first-order valence-electron chi connectivity index (χ1n) is 6.55. The van der Waals surface area contributed by atoms with Crippen molar-refractivity contribution in [3.63, 3.8) is 0 Å². The molecule has 126 valence electrons. The van der Waals surface area contributed by atoms with Crippen molar-refractivity contribution in [2.24, 2.45) is 5.73 Å². The van der Waals surface area contributed by atoms with Crippen LogP contribution < -0.4 is 5.73 Å². The lowest BCUT2D eigenvalue weighted by atomic mass is 10.0. The summed E-state index contributed by atoms with van der Waals surface area (Å²) in [5, 5.41) is 52.2. The van der Waals surface area contributed by atoms with E-state index in [1.54, 1.807) is 12.1 Å². The minimum atomic E-state index is -1.67. The highest BCUT2D eigenvalue weighted by atomic mass is 16.4. The van der Waals surface area contributed by atoms with E-state index in [0.717, 1.165) is 5.56 Å². The van der Waals surface area contributed by atoms with Gasteiger partial charge in [-0.25, -0.2) is 0 Å². The van der Waals surface area contributed by atoms with Crippen LogP contribution in [0.3, 0.4) is 0 Å². The Morgan fingerprint density at radius 3 is 1.59 bits per heavy atom. The number of carbonyl (C=O) groups is 1. The highest BCUT2D eigenvalue weighted by molar-refractivity contribution is 5.92. The fraction of sp³-hybridized carbons (Fsp3) is 0.500. The van der Waals surface area contributed by atoms with Gasteiger partial charge in [0.1, 0.15) is 24.4 Å². The molecule has 8 heteroatoms. The second-order valence-corrected chi connectivity index (χ2v) is 4.71. The zero-order chi connectivity index (χ0) is 17.3. The molecule has 0 bridgehead atoms. The zero-order valence-corrected chi connectivity index (χ0v) is 12.2. The largest absolute Gasteiger partial charge is 0.394 e. The standard InChI is InChI=1S/C8H9NO.C6H14O6/c1-6-2-4-7(5-3-6)8(9)10;7-1-3(9)5(11)6(12)4(10)2-8/h2-5H,1H3,(H2,9,10);3-12H,1-2H2/t;3-,4+,5-,6-/m.1/s1. The highest BCUT2D eigenvalue weighted by Gasteiger charge is 2.29. The summed E-state index contributed by atoms with van der Waals surface area (Å²) in [6, 6.07) is 7.16. The molecule has 0 radical (unpaired) electrons. The van der Waals surface area contributed by atoms with Crippen molar-refractivity contribution in [2.75, 3.05) is 13.2 Å². The van der Waals surface area contributed by atoms with Gasteiger partial charge in [-0.3, -0.25) is 4.79 Å². The van der Waals surface area contributed by atoms with E-state index < -0.39 is 37.6 Å². The van der Waals surface area contributed by atoms with Crippen molar-refractivity contribution in [2.45, 2.75) is 31.3 Å². The summed E-state index contributed by atoms with van der Waals surface area (Å²) in [6.45, 7) is 0.511. The lowest BCUT2D eigenvalue weighted by Crippen LogP contribution is -2.46. The molecule has 8 N–H and O–H groups in total. The summed E-state index contributed by atoms with van der Waals surface area (Å²) in [7, 11) is 0. The number of carbonyl (C=O) groups excluding carboxylic acids is 1. The second-order valence-electron chi connectivity index (χ2n) is 4.71. The molecule has 0 aliphatic heterocycles. The maximum Gasteiger partial charge on any atom is 0.248 e. The highest BCUT2D eigenvalue weighted by Crippen LogP contribution is 2.04. The minimum Gasteiger partial charge on any atom is -0.394 e. The van der Waals surface area contributed by atoms with Crippen LogP contribution in [0.1, 0.15) is 15.9 Å². The van der Waals surface area contributed by atoms with Crippen LogP contribution in [0.5, 0.6) is 0 Å². The van der Waals surface area contributed by atoms with E-state index >= 15 is 0 Å². The van der Waals surface area contributed by atoms with Gasteiger partial charge in [0.15, 0.2) is 0 Å². The Morgan fingerprint density at radius 1 is 0.955 bits per heavy atom. The van der Waals surface area contributed by atoms with Gasteiger partial charge in [0, 0.05) is 5.56 Å². The van der Waals surface area contributed by atoms with E-state index in [0.29, 0.717) is 5.56 Å². The Labute approximate surface area is 128 Å². The molecule has 0 saturated carbocycles. The summed E-state index contributed by atoms with van der Waals surface area (Å²) < 4.78 is 0. The maximum atomic E-state index is 10.5. The Hall–Kier alpha value is -1.55. The molecule has 0 aliphatic carbocycles. The average molecular weight is 317 g/mol. The molecule has 1 amide bonds. The van der Waals surface area contributed by atoms with Crippen molar-refractivity contribution < 1.29 is 35.4 Å². The molecule has 22 heavy (non-hydrogen) atoms. The van der Waals surface area contributed by atoms with Gasteiger partial charge < -0.3 is 36.4 Å². The molecule has 1 rings (SSSR count). The zero-order valence-electron chi connectivity index (χ0n) is 12.2.